The van der Waals surface area contributed by atoms with Gasteiger partial charge in [-0.2, -0.15) is 0 Å². The molecule has 17 rings (SSSR count). The fourth-order valence-corrected chi connectivity index (χ4v) is 17.8. The summed E-state index contributed by atoms with van der Waals surface area (Å²) in [4.78, 5) is 8.05. The molecular formula is C86H78BN3. The van der Waals surface area contributed by atoms with Crippen molar-refractivity contribution in [3.8, 4) is 44.5 Å². The zero-order chi connectivity index (χ0) is 62.1. The Hall–Kier alpha value is -9.12. The molecule has 0 atom stereocenters. The van der Waals surface area contributed by atoms with Crippen LogP contribution in [0.25, 0.3) is 44.5 Å². The average molecular weight is 1160 g/mol. The SMILES string of the molecule is CC(C)(C)c1ccccc1N(c1cc2c3c(c1)N(c1ccc4c(c1)-c1ccccc1C4(C)C)c1cc4c(cc1B3c1cc3c(cc1N2c1ccc2c(c1)-c1ccccc1C2(C)C)-c1ccccc1C3(C)C)C(C)(C)c1ccccc1-4)c1ccccc1C(C)(C)C. The van der Waals surface area contributed by atoms with Crippen molar-refractivity contribution in [3.05, 3.63) is 274 Å². The van der Waals surface area contributed by atoms with Crippen LogP contribution in [0.2, 0.25) is 0 Å². The number of fused-ring (bicyclic) bond motifs is 16. The van der Waals surface area contributed by atoms with Crippen LogP contribution in [0.1, 0.15) is 153 Å². The predicted molar refractivity (Wildman–Crippen MR) is 383 cm³/mol. The number of para-hydroxylation sites is 2. The molecule has 0 unspecified atom stereocenters. The number of rotatable bonds is 5. The summed E-state index contributed by atoms with van der Waals surface area (Å²) in [5.41, 5.74) is 37.5. The van der Waals surface area contributed by atoms with Crippen molar-refractivity contribution in [1.29, 1.82) is 0 Å². The van der Waals surface area contributed by atoms with Crippen LogP contribution in [0.4, 0.5) is 51.2 Å². The van der Waals surface area contributed by atoms with Crippen LogP contribution >= 0.6 is 0 Å². The van der Waals surface area contributed by atoms with Crippen LogP contribution in [0.5, 0.6) is 0 Å². The molecular weight excluding hydrogens is 1090 g/mol. The third-order valence-corrected chi connectivity index (χ3v) is 22.3. The second-order valence-corrected chi connectivity index (χ2v) is 30.9. The van der Waals surface area contributed by atoms with Gasteiger partial charge in [-0.15, -0.1) is 0 Å². The first-order valence-electron chi connectivity index (χ1n) is 32.8. The lowest BCUT2D eigenvalue weighted by molar-refractivity contribution is 0.587. The van der Waals surface area contributed by atoms with Gasteiger partial charge in [-0.1, -0.05) is 255 Å². The van der Waals surface area contributed by atoms with Crippen molar-refractivity contribution in [2.24, 2.45) is 0 Å². The molecule has 0 N–H and O–H groups in total. The number of benzene rings is 11. The Kier molecular flexibility index (Phi) is 11.2. The molecule has 0 radical (unpaired) electrons. The molecule has 0 aromatic heterocycles. The lowest BCUT2D eigenvalue weighted by Gasteiger charge is -2.46. The zero-order valence-electron chi connectivity index (χ0n) is 54.7. The Bertz CT molecular complexity index is 4650. The molecule has 0 spiro atoms. The van der Waals surface area contributed by atoms with E-state index in [2.05, 4.69) is 330 Å². The largest absolute Gasteiger partial charge is 0.311 e. The van der Waals surface area contributed by atoms with E-state index in [1.165, 1.54) is 151 Å². The molecule has 0 fully saturated rings. The normalized spacial score (nSPS) is 16.4. The van der Waals surface area contributed by atoms with Crippen LogP contribution < -0.4 is 31.1 Å². The van der Waals surface area contributed by atoms with E-state index in [4.69, 9.17) is 0 Å². The molecule has 0 bridgehead atoms. The lowest BCUT2D eigenvalue weighted by Crippen LogP contribution is -2.61. The zero-order valence-corrected chi connectivity index (χ0v) is 54.7. The molecule has 0 saturated heterocycles. The van der Waals surface area contributed by atoms with Gasteiger partial charge in [0, 0.05) is 67.2 Å². The summed E-state index contributed by atoms with van der Waals surface area (Å²) in [6.45, 7) is 33.5. The summed E-state index contributed by atoms with van der Waals surface area (Å²) in [6.07, 6.45) is 0. The molecule has 3 nitrogen and oxygen atoms in total. The first kappa shape index (κ1) is 55.0. The highest BCUT2D eigenvalue weighted by Crippen LogP contribution is 2.59. The molecule has 4 aliphatic carbocycles. The van der Waals surface area contributed by atoms with Crippen LogP contribution in [-0.2, 0) is 32.5 Å². The third-order valence-electron chi connectivity index (χ3n) is 22.3. The fourth-order valence-electron chi connectivity index (χ4n) is 17.8. The van der Waals surface area contributed by atoms with Gasteiger partial charge in [0.15, 0.2) is 0 Å². The fraction of sp³-hybridized carbons (Fsp3) is 0.233. The molecule has 11 aromatic rings. The highest BCUT2D eigenvalue weighted by Gasteiger charge is 2.50. The maximum absolute atomic E-state index is 2.71. The first-order chi connectivity index (χ1) is 43.0. The minimum absolute atomic E-state index is 0.142. The van der Waals surface area contributed by atoms with Crippen molar-refractivity contribution in [2.45, 2.75) is 129 Å². The predicted octanol–water partition coefficient (Wildman–Crippen LogP) is 21.1. The van der Waals surface area contributed by atoms with Gasteiger partial charge in [0.05, 0.1) is 5.69 Å². The summed E-state index contributed by atoms with van der Waals surface area (Å²) in [5, 5.41) is 0. The van der Waals surface area contributed by atoms with E-state index >= 15 is 0 Å². The van der Waals surface area contributed by atoms with Gasteiger partial charge < -0.3 is 14.7 Å². The highest BCUT2D eigenvalue weighted by atomic mass is 15.2. The van der Waals surface area contributed by atoms with Gasteiger partial charge >= 0.3 is 0 Å². The molecule has 4 heteroatoms. The lowest BCUT2D eigenvalue weighted by atomic mass is 9.33. The molecule has 6 aliphatic rings. The quantitative estimate of drug-likeness (QED) is 0.159. The van der Waals surface area contributed by atoms with Crippen molar-refractivity contribution in [1.82, 2.24) is 0 Å². The minimum atomic E-state index is -0.234. The van der Waals surface area contributed by atoms with Gasteiger partial charge in [-0.25, -0.2) is 0 Å². The molecule has 2 aliphatic heterocycles. The van der Waals surface area contributed by atoms with Gasteiger partial charge in [0.25, 0.3) is 6.71 Å². The van der Waals surface area contributed by atoms with E-state index < -0.39 is 0 Å². The third kappa shape index (κ3) is 7.37. The van der Waals surface area contributed by atoms with Crippen LogP contribution in [0.15, 0.2) is 218 Å². The van der Waals surface area contributed by atoms with Crippen LogP contribution in [-0.4, -0.2) is 6.71 Å². The average Bonchev–Trinajstić information content (AvgIpc) is 1.07. The minimum Gasteiger partial charge on any atom is -0.311 e. The number of anilines is 9. The number of hydrogen-bond acceptors (Lipinski definition) is 3. The Morgan fingerprint density at radius 3 is 0.978 bits per heavy atom. The van der Waals surface area contributed by atoms with E-state index in [1.54, 1.807) is 0 Å². The topological polar surface area (TPSA) is 9.72 Å². The van der Waals surface area contributed by atoms with Crippen LogP contribution in [0, 0.1) is 0 Å². The number of hydrogen-bond donors (Lipinski definition) is 0. The van der Waals surface area contributed by atoms with Crippen molar-refractivity contribution >= 4 is 74.3 Å². The van der Waals surface area contributed by atoms with Gasteiger partial charge in [0.1, 0.15) is 0 Å². The van der Waals surface area contributed by atoms with E-state index in [9.17, 15) is 0 Å². The molecule has 90 heavy (non-hydrogen) atoms. The van der Waals surface area contributed by atoms with Crippen molar-refractivity contribution in [3.63, 3.8) is 0 Å². The Balaban J connectivity index is 1.05. The molecule has 0 amide bonds. The maximum atomic E-state index is 2.71. The first-order valence-corrected chi connectivity index (χ1v) is 32.8. The molecule has 2 heterocycles. The molecule has 440 valence electrons. The highest BCUT2D eigenvalue weighted by molar-refractivity contribution is 7.00. The van der Waals surface area contributed by atoms with E-state index in [-0.39, 0.29) is 39.2 Å². The Labute approximate surface area is 533 Å². The van der Waals surface area contributed by atoms with Crippen molar-refractivity contribution in [2.75, 3.05) is 14.7 Å². The Morgan fingerprint density at radius 1 is 0.300 bits per heavy atom. The summed E-state index contributed by atoms with van der Waals surface area (Å²) >= 11 is 0. The molecule has 11 aromatic carbocycles. The summed E-state index contributed by atoms with van der Waals surface area (Å²) in [6, 6.07) is 85.7. The maximum Gasteiger partial charge on any atom is 0.252 e. The van der Waals surface area contributed by atoms with E-state index in [0.717, 1.165) is 17.1 Å². The van der Waals surface area contributed by atoms with Gasteiger partial charge in [0.2, 0.25) is 0 Å². The second kappa shape index (κ2) is 18.3. The van der Waals surface area contributed by atoms with Crippen LogP contribution in [0.3, 0.4) is 0 Å². The van der Waals surface area contributed by atoms with E-state index in [0.29, 0.717) is 0 Å². The smallest absolute Gasteiger partial charge is 0.252 e. The second-order valence-electron chi connectivity index (χ2n) is 30.9. The van der Waals surface area contributed by atoms with E-state index in [1.807, 2.05) is 0 Å². The van der Waals surface area contributed by atoms with Gasteiger partial charge in [-0.05, 0) is 188 Å². The number of nitrogens with zero attached hydrogens (tertiary/aromatic N) is 3. The molecule has 0 saturated carbocycles. The van der Waals surface area contributed by atoms with Gasteiger partial charge in [-0.3, -0.25) is 0 Å². The summed E-state index contributed by atoms with van der Waals surface area (Å²) in [5.74, 6) is 0. The Morgan fingerprint density at radius 2 is 0.611 bits per heavy atom. The van der Waals surface area contributed by atoms with Crippen molar-refractivity contribution < 1.29 is 0 Å². The standard InChI is InChI=1S/C86H78BN3/c1-81(2,3)68-35-23-25-37-74(68)90(75-38-26-24-36-69(75)82(4,5)6)53-45-78-80-79(46-53)89(52-40-42-67-59(44-52)55-28-16-20-32-63(55)84(67,9)10)77-48-61-57-30-18-22-34-65(57)86(13,14)71(61)50-73(77)87(80)72-49-70-60(56-29-17-21-33-64(56)85(70,11)12)47-76(72)88(78)51-39-41-66-58(43-51)54-27-15-19-31-62(54)83(66,7)8/h15-50H,1-14H3. The summed E-state index contributed by atoms with van der Waals surface area (Å²) in [7, 11) is 0. The monoisotopic (exact) mass is 1160 g/mol. The summed E-state index contributed by atoms with van der Waals surface area (Å²) < 4.78 is 0.